The number of hydrogen-bond donors (Lipinski definition) is 2. The van der Waals surface area contributed by atoms with Crippen molar-refractivity contribution in [3.05, 3.63) is 34.8 Å². The van der Waals surface area contributed by atoms with Crippen LogP contribution in [0.5, 0.6) is 0 Å². The summed E-state index contributed by atoms with van der Waals surface area (Å²) in [5, 5.41) is 9.81. The van der Waals surface area contributed by atoms with Gasteiger partial charge in [-0.25, -0.2) is 13.2 Å². The number of hydrogen-bond acceptors (Lipinski definition) is 1. The van der Waals surface area contributed by atoms with Gasteiger partial charge in [0.25, 0.3) is 0 Å². The van der Waals surface area contributed by atoms with Crippen LogP contribution in [0.3, 0.4) is 0 Å². The van der Waals surface area contributed by atoms with Crippen molar-refractivity contribution in [2.75, 3.05) is 0 Å². The molecule has 1 unspecified atom stereocenters. The lowest BCUT2D eigenvalue weighted by Gasteiger charge is -2.17. The third-order valence-electron chi connectivity index (χ3n) is 3.28. The summed E-state index contributed by atoms with van der Waals surface area (Å²) in [6.07, 6.45) is 1.13. The average molecular weight is 241 g/mol. The van der Waals surface area contributed by atoms with Crippen LogP contribution in [0, 0.1) is 17.5 Å². The van der Waals surface area contributed by atoms with Crippen molar-refractivity contribution in [1.29, 1.82) is 0 Å². The zero-order valence-corrected chi connectivity index (χ0v) is 8.86. The van der Waals surface area contributed by atoms with Crippen molar-refractivity contribution in [2.45, 2.75) is 25.4 Å². The third kappa shape index (κ3) is 1.38. The summed E-state index contributed by atoms with van der Waals surface area (Å²) in [6.45, 7) is 0. The van der Waals surface area contributed by atoms with Crippen LogP contribution in [0.1, 0.15) is 30.2 Å². The van der Waals surface area contributed by atoms with E-state index < -0.39 is 23.6 Å². The number of rotatable bonds is 0. The summed E-state index contributed by atoms with van der Waals surface area (Å²) in [4.78, 5) is 2.85. The molecule has 2 nitrogen and oxygen atoms in total. The predicted octanol–water partition coefficient (Wildman–Crippen LogP) is 2.95. The number of aliphatic hydroxyl groups is 1. The molecule has 0 fully saturated rings. The topological polar surface area (TPSA) is 36.0 Å². The largest absolute Gasteiger partial charge is 0.388 e. The van der Waals surface area contributed by atoms with E-state index in [1.165, 1.54) is 0 Å². The smallest absolute Gasteiger partial charge is 0.195 e. The first-order chi connectivity index (χ1) is 8.09. The molecular weight excluding hydrogens is 231 g/mol. The lowest BCUT2D eigenvalue weighted by atomic mass is 9.93. The maximum absolute atomic E-state index is 13.7. The van der Waals surface area contributed by atoms with Gasteiger partial charge in [0.2, 0.25) is 0 Å². The molecule has 2 aromatic rings. The predicted molar refractivity (Wildman–Crippen MR) is 56.1 cm³/mol. The molecule has 0 saturated carbocycles. The van der Waals surface area contributed by atoms with Crippen molar-refractivity contribution < 1.29 is 18.3 Å². The minimum atomic E-state index is -1.49. The zero-order chi connectivity index (χ0) is 12.2. The first kappa shape index (κ1) is 10.7. The Morgan fingerprint density at radius 3 is 2.76 bits per heavy atom. The molecule has 1 aliphatic rings. The fourth-order valence-corrected chi connectivity index (χ4v) is 2.52. The van der Waals surface area contributed by atoms with Gasteiger partial charge in [0.05, 0.1) is 11.6 Å². The summed E-state index contributed by atoms with van der Waals surface area (Å²) in [7, 11) is 0. The molecule has 17 heavy (non-hydrogen) atoms. The van der Waals surface area contributed by atoms with Gasteiger partial charge >= 0.3 is 0 Å². The molecule has 1 atom stereocenters. The van der Waals surface area contributed by atoms with E-state index in [1.54, 1.807) is 0 Å². The molecule has 1 heterocycles. The number of fused-ring (bicyclic) bond motifs is 3. The van der Waals surface area contributed by atoms with Gasteiger partial charge in [0, 0.05) is 22.7 Å². The first-order valence-corrected chi connectivity index (χ1v) is 5.45. The highest BCUT2D eigenvalue weighted by atomic mass is 19.2. The lowest BCUT2D eigenvalue weighted by molar-refractivity contribution is 0.157. The summed E-state index contributed by atoms with van der Waals surface area (Å²) in [5.74, 6) is -3.93. The van der Waals surface area contributed by atoms with Gasteiger partial charge in [0.15, 0.2) is 17.5 Å². The van der Waals surface area contributed by atoms with E-state index >= 15 is 0 Å². The quantitative estimate of drug-likeness (QED) is 0.683. The molecule has 1 aromatic carbocycles. The monoisotopic (exact) mass is 241 g/mol. The number of aryl methyl sites for hydroxylation is 1. The van der Waals surface area contributed by atoms with Crippen LogP contribution in [0.4, 0.5) is 13.2 Å². The van der Waals surface area contributed by atoms with Crippen molar-refractivity contribution in [1.82, 2.24) is 4.98 Å². The van der Waals surface area contributed by atoms with Gasteiger partial charge in [-0.3, -0.25) is 0 Å². The highest BCUT2D eigenvalue weighted by Gasteiger charge is 2.27. The lowest BCUT2D eigenvalue weighted by Crippen LogP contribution is -2.08. The second-order valence-corrected chi connectivity index (χ2v) is 4.33. The van der Waals surface area contributed by atoms with E-state index in [4.69, 9.17) is 0 Å². The van der Waals surface area contributed by atoms with Gasteiger partial charge < -0.3 is 10.1 Å². The van der Waals surface area contributed by atoms with Crippen molar-refractivity contribution >= 4 is 10.9 Å². The van der Waals surface area contributed by atoms with Crippen LogP contribution < -0.4 is 0 Å². The number of aromatic nitrogens is 1. The minimum absolute atomic E-state index is 0.0221. The molecule has 2 N–H and O–H groups in total. The van der Waals surface area contributed by atoms with E-state index in [9.17, 15) is 18.3 Å². The molecule has 0 spiro atoms. The number of H-pyrrole nitrogens is 1. The highest BCUT2D eigenvalue weighted by Crippen LogP contribution is 2.37. The van der Waals surface area contributed by atoms with E-state index in [0.717, 1.165) is 12.5 Å². The SMILES string of the molecule is OC1CCCc2[nH]c3cc(F)c(F)c(F)c3c21. The van der Waals surface area contributed by atoms with Crippen LogP contribution in [-0.2, 0) is 6.42 Å². The van der Waals surface area contributed by atoms with Gasteiger partial charge in [-0.1, -0.05) is 0 Å². The number of aliphatic hydroxyl groups excluding tert-OH is 1. The van der Waals surface area contributed by atoms with Gasteiger partial charge in [-0.2, -0.15) is 0 Å². The molecule has 90 valence electrons. The molecule has 0 radical (unpaired) electrons. The van der Waals surface area contributed by atoms with Gasteiger partial charge in [0.1, 0.15) is 0 Å². The van der Waals surface area contributed by atoms with Crippen molar-refractivity contribution in [3.8, 4) is 0 Å². The summed E-state index contributed by atoms with van der Waals surface area (Å²) in [6, 6.07) is 0.929. The molecule has 0 bridgehead atoms. The normalized spacial score (nSPS) is 19.6. The fraction of sp³-hybridized carbons (Fsp3) is 0.333. The van der Waals surface area contributed by atoms with Crippen LogP contribution >= 0.6 is 0 Å². The van der Waals surface area contributed by atoms with Crippen LogP contribution in [0.15, 0.2) is 6.07 Å². The molecule has 1 aromatic heterocycles. The molecule has 0 saturated heterocycles. The van der Waals surface area contributed by atoms with Crippen LogP contribution in [0.25, 0.3) is 10.9 Å². The standard InChI is InChI=1S/C12H10F3NO/c13-5-4-7-10(12(15)11(5)14)9-6(16-7)2-1-3-8(9)17/h4,8,16-17H,1-3H2. The van der Waals surface area contributed by atoms with E-state index in [2.05, 4.69) is 4.98 Å². The summed E-state index contributed by atoms with van der Waals surface area (Å²) >= 11 is 0. The third-order valence-corrected chi connectivity index (χ3v) is 3.28. The molecular formula is C12H10F3NO. The maximum atomic E-state index is 13.7. The maximum Gasteiger partial charge on any atom is 0.195 e. The Labute approximate surface area is 95.1 Å². The Hall–Kier alpha value is -1.49. The summed E-state index contributed by atoms with van der Waals surface area (Å²) in [5.41, 5.74) is 1.25. The Kier molecular flexibility index (Phi) is 2.19. The Morgan fingerprint density at radius 1 is 1.24 bits per heavy atom. The number of benzene rings is 1. The molecule has 0 aliphatic heterocycles. The molecule has 5 heteroatoms. The van der Waals surface area contributed by atoms with Crippen molar-refractivity contribution in [2.24, 2.45) is 0 Å². The first-order valence-electron chi connectivity index (χ1n) is 5.45. The van der Waals surface area contributed by atoms with Crippen LogP contribution in [-0.4, -0.2) is 10.1 Å². The second-order valence-electron chi connectivity index (χ2n) is 4.33. The van der Waals surface area contributed by atoms with Gasteiger partial charge in [-0.15, -0.1) is 0 Å². The van der Waals surface area contributed by atoms with E-state index in [-0.39, 0.29) is 10.9 Å². The van der Waals surface area contributed by atoms with E-state index in [1.807, 2.05) is 0 Å². The Balaban J connectivity index is 2.41. The highest BCUT2D eigenvalue weighted by molar-refractivity contribution is 5.86. The second kappa shape index (κ2) is 3.50. The van der Waals surface area contributed by atoms with Gasteiger partial charge in [-0.05, 0) is 19.3 Å². The molecule has 3 rings (SSSR count). The van der Waals surface area contributed by atoms with Crippen LogP contribution in [0.2, 0.25) is 0 Å². The zero-order valence-electron chi connectivity index (χ0n) is 8.86. The Morgan fingerprint density at radius 2 is 2.00 bits per heavy atom. The number of halogens is 3. The Bertz CT molecular complexity index is 606. The summed E-state index contributed by atoms with van der Waals surface area (Å²) < 4.78 is 40.0. The fourth-order valence-electron chi connectivity index (χ4n) is 2.52. The minimum Gasteiger partial charge on any atom is -0.388 e. The number of aromatic amines is 1. The van der Waals surface area contributed by atoms with Crippen molar-refractivity contribution in [3.63, 3.8) is 0 Å². The number of nitrogens with one attached hydrogen (secondary N) is 1. The molecule has 0 amide bonds. The average Bonchev–Trinajstić information content (AvgIpc) is 2.65. The molecule has 1 aliphatic carbocycles. The van der Waals surface area contributed by atoms with E-state index in [0.29, 0.717) is 24.1 Å².